The van der Waals surface area contributed by atoms with Crippen molar-refractivity contribution in [2.75, 3.05) is 0 Å². The number of aromatic hydroxyl groups is 3. The Morgan fingerprint density at radius 2 is 0.727 bits per heavy atom. The molecule has 0 radical (unpaired) electrons. The van der Waals surface area contributed by atoms with Crippen LogP contribution in [0.5, 0.6) is 17.2 Å². The molecule has 4 unspecified atom stereocenters. The van der Waals surface area contributed by atoms with Crippen molar-refractivity contribution in [3.8, 4) is 17.2 Å². The van der Waals surface area contributed by atoms with Gasteiger partial charge in [-0.1, -0.05) is 36.4 Å². The van der Waals surface area contributed by atoms with Crippen LogP contribution in [0.1, 0.15) is 36.0 Å². The Labute approximate surface area is 370 Å². The van der Waals surface area contributed by atoms with Crippen LogP contribution in [-0.2, 0) is 72.0 Å². The van der Waals surface area contributed by atoms with E-state index < -0.39 is 109 Å². The number of hydrogen-bond donors (Lipinski definition) is 16. The lowest BCUT2D eigenvalue weighted by atomic mass is 10.1. The number of phenolic OH excluding ortho intramolecular Hbond substituents is 3. The predicted octanol–water partition coefficient (Wildman–Crippen LogP) is -1.79. The second kappa shape index (κ2) is 33.1. The second-order valence-electron chi connectivity index (χ2n) is 12.4. The summed E-state index contributed by atoms with van der Waals surface area (Å²) in [6, 6.07) is 16.0. The number of aliphatic hydroxyl groups excluding tert-OH is 2. The quantitative estimate of drug-likeness (QED) is 0.0494. The van der Waals surface area contributed by atoms with Crippen molar-refractivity contribution in [3.63, 3.8) is 0 Å². The number of nitrogens with two attached hydrogens (primary N) is 2. The number of carboxylic acids is 9. The molecule has 3 rings (SSSR count). The molecule has 0 heterocycles. The number of phenols is 3. The molecule has 0 saturated heterocycles. The van der Waals surface area contributed by atoms with Gasteiger partial charge in [0.2, 0.25) is 5.78 Å². The van der Waals surface area contributed by atoms with E-state index >= 15 is 0 Å². The van der Waals surface area contributed by atoms with E-state index in [2.05, 4.69) is 0 Å². The minimum Gasteiger partial charge on any atom is -0.508 e. The van der Waals surface area contributed by atoms with Gasteiger partial charge in [0, 0.05) is 12.8 Å². The van der Waals surface area contributed by atoms with Crippen LogP contribution in [0.2, 0.25) is 0 Å². The number of ketones is 2. The summed E-state index contributed by atoms with van der Waals surface area (Å²) in [4.78, 5) is 110. The molecule has 0 saturated carbocycles. The van der Waals surface area contributed by atoms with Gasteiger partial charge in [0.05, 0.1) is 12.8 Å². The average molecular weight is 943 g/mol. The zero-order valence-corrected chi connectivity index (χ0v) is 33.9. The number of carbonyl (C=O) groups excluding carboxylic acids is 2. The summed E-state index contributed by atoms with van der Waals surface area (Å²) in [5.41, 5.74) is 12.2. The average Bonchev–Trinajstić information content (AvgIpc) is 3.20. The van der Waals surface area contributed by atoms with E-state index in [-0.39, 0.29) is 36.5 Å². The highest BCUT2D eigenvalue weighted by molar-refractivity contribution is 6.35. The van der Waals surface area contributed by atoms with Crippen molar-refractivity contribution in [2.45, 2.75) is 62.8 Å². The maximum atomic E-state index is 10.7. The fourth-order valence-electron chi connectivity index (χ4n) is 3.53. The Morgan fingerprint density at radius 3 is 0.970 bits per heavy atom. The van der Waals surface area contributed by atoms with E-state index in [0.717, 1.165) is 5.56 Å². The molecule has 0 aliphatic rings. The van der Waals surface area contributed by atoms with Crippen LogP contribution in [0.25, 0.3) is 0 Å². The topological polar surface area (TPSA) is 523 Å². The lowest BCUT2D eigenvalue weighted by molar-refractivity contribution is -0.153. The summed E-state index contributed by atoms with van der Waals surface area (Å²) in [6.07, 6.45) is -5.23. The molecular formula is C39H46N2O25. The summed E-state index contributed by atoms with van der Waals surface area (Å²) in [5.74, 6) is -14.0. The van der Waals surface area contributed by atoms with Crippen LogP contribution < -0.4 is 11.5 Å². The third-order valence-corrected chi connectivity index (χ3v) is 6.81. The summed E-state index contributed by atoms with van der Waals surface area (Å²) in [7, 11) is 0. The van der Waals surface area contributed by atoms with Crippen LogP contribution in [0.3, 0.4) is 0 Å². The Bertz CT molecular complexity index is 1990. The largest absolute Gasteiger partial charge is 0.508 e. The molecule has 0 aromatic heterocycles. The fraction of sp³-hybridized carbons (Fsp3) is 0.256. The highest BCUT2D eigenvalue weighted by Gasteiger charge is 2.17. The molecule has 0 spiro atoms. The van der Waals surface area contributed by atoms with E-state index in [9.17, 15) is 52.7 Å². The van der Waals surface area contributed by atoms with Gasteiger partial charge in [0.25, 0.3) is 5.78 Å². The number of aliphatic hydroxyl groups is 2. The van der Waals surface area contributed by atoms with Crippen molar-refractivity contribution in [3.05, 3.63) is 89.5 Å². The van der Waals surface area contributed by atoms with Crippen LogP contribution in [0.15, 0.2) is 72.8 Å². The van der Waals surface area contributed by atoms with Crippen molar-refractivity contribution in [1.82, 2.24) is 0 Å². The fourth-order valence-corrected chi connectivity index (χ4v) is 3.53. The van der Waals surface area contributed by atoms with Gasteiger partial charge in [0.1, 0.15) is 35.8 Å². The first-order chi connectivity index (χ1) is 30.4. The Morgan fingerprint density at radius 1 is 0.394 bits per heavy atom. The SMILES string of the molecule is NC(CC(=O)O)C(=O)O.NC(Cc1ccc(O)cc1)C(=O)O.O=C(O)C(=O)Cc1ccc(O)cc1.O=C(O)C(O)Cc1ccc(O)cc1.O=C(O)CC(=O)C(=O)O.O=C(O)CC(O)C(=O)O. The van der Waals surface area contributed by atoms with Crippen molar-refractivity contribution in [2.24, 2.45) is 11.5 Å². The maximum Gasteiger partial charge on any atom is 0.372 e. The molecule has 0 aliphatic heterocycles. The lowest BCUT2D eigenvalue weighted by Gasteiger charge is -2.05. The molecule has 0 bridgehead atoms. The van der Waals surface area contributed by atoms with Gasteiger partial charge in [-0.15, -0.1) is 0 Å². The normalized spacial score (nSPS) is 11.3. The zero-order chi connectivity index (χ0) is 51.9. The van der Waals surface area contributed by atoms with Gasteiger partial charge in [-0.2, -0.15) is 0 Å². The van der Waals surface area contributed by atoms with Gasteiger partial charge < -0.3 is 83.0 Å². The number of aliphatic carboxylic acids is 9. The molecule has 0 amide bonds. The zero-order valence-electron chi connectivity index (χ0n) is 33.9. The van der Waals surface area contributed by atoms with Crippen LogP contribution in [-0.4, -0.2) is 161 Å². The summed E-state index contributed by atoms with van der Waals surface area (Å²) in [6.45, 7) is 0. The molecule has 0 fully saturated rings. The summed E-state index contributed by atoms with van der Waals surface area (Å²) < 4.78 is 0. The van der Waals surface area contributed by atoms with Gasteiger partial charge >= 0.3 is 53.7 Å². The molecule has 3 aromatic carbocycles. The van der Waals surface area contributed by atoms with E-state index in [1.807, 2.05) is 0 Å². The molecule has 27 nitrogen and oxygen atoms in total. The number of carboxylic acid groups (broad SMARTS) is 9. The smallest absolute Gasteiger partial charge is 0.372 e. The summed E-state index contributed by atoms with van der Waals surface area (Å²) in [5, 5.41) is 117. The van der Waals surface area contributed by atoms with Crippen LogP contribution in [0.4, 0.5) is 0 Å². The van der Waals surface area contributed by atoms with Crippen LogP contribution >= 0.6 is 0 Å². The minimum atomic E-state index is -1.79. The number of hydrogen-bond acceptors (Lipinski definition) is 18. The molecule has 3 aromatic rings. The molecule has 66 heavy (non-hydrogen) atoms. The van der Waals surface area contributed by atoms with E-state index in [4.69, 9.17) is 83.0 Å². The second-order valence-corrected chi connectivity index (χ2v) is 12.4. The molecule has 0 aliphatic carbocycles. The third-order valence-electron chi connectivity index (χ3n) is 6.81. The molecule has 18 N–H and O–H groups in total. The number of benzene rings is 3. The highest BCUT2D eigenvalue weighted by Crippen LogP contribution is 2.12. The van der Waals surface area contributed by atoms with Crippen LogP contribution in [0, 0.1) is 0 Å². The predicted molar refractivity (Wildman–Crippen MR) is 216 cm³/mol. The molecule has 4 atom stereocenters. The monoisotopic (exact) mass is 942 g/mol. The molecule has 362 valence electrons. The van der Waals surface area contributed by atoms with Gasteiger partial charge in [-0.3, -0.25) is 33.6 Å². The molecule has 27 heteroatoms. The highest BCUT2D eigenvalue weighted by atomic mass is 16.4. The Hall–Kier alpha value is -8.53. The maximum absolute atomic E-state index is 10.7. The van der Waals surface area contributed by atoms with E-state index in [1.54, 1.807) is 24.3 Å². The number of Topliss-reactive ketones (excluding diaryl/α,β-unsaturated/α-hetero) is 2. The Balaban J connectivity index is -0.000000729. The lowest BCUT2D eigenvalue weighted by Crippen LogP contribution is -2.32. The minimum absolute atomic E-state index is 0.0512. The number of rotatable bonds is 18. The van der Waals surface area contributed by atoms with Crippen molar-refractivity contribution in [1.29, 1.82) is 0 Å². The summed E-state index contributed by atoms with van der Waals surface area (Å²) >= 11 is 0. The Kier molecular flexibility index (Phi) is 31.0. The first kappa shape index (κ1) is 61.8. The van der Waals surface area contributed by atoms with Gasteiger partial charge in [0.15, 0.2) is 12.2 Å². The van der Waals surface area contributed by atoms with Crippen molar-refractivity contribution >= 4 is 65.3 Å². The standard InChI is InChI=1S/C9H11NO3.C9H10O4.C9H8O4.C4H7NO4.C4H6O5.C4H4O5/c10-8(9(12)13)5-6-1-3-7(11)4-2-6;2*10-7-3-1-6(2-4-7)5-8(11)9(12)13;3*5-2(4(8)9)1-3(6)7/h1-4,8,11H,5,10H2,(H,12,13);1-4,8,10-11H,5H2,(H,12,13);1-4,10H,5H2,(H,12,13);2H,1,5H2,(H,6,7)(H,8,9);2,5H,1H2,(H,6,7)(H,8,9);1H2,(H,6,7)(H,8,9). The first-order valence-electron chi connectivity index (χ1n) is 17.7. The third kappa shape index (κ3) is 34.1. The molecular weight excluding hydrogens is 896 g/mol. The number of carbonyl (C=O) groups is 11. The first-order valence-corrected chi connectivity index (χ1v) is 17.7. The van der Waals surface area contributed by atoms with Crippen molar-refractivity contribution < 1.29 is 124 Å². The van der Waals surface area contributed by atoms with E-state index in [0.29, 0.717) is 11.1 Å². The van der Waals surface area contributed by atoms with Gasteiger partial charge in [-0.05, 0) is 59.5 Å². The van der Waals surface area contributed by atoms with Gasteiger partial charge in [-0.25, -0.2) is 19.2 Å². The van der Waals surface area contributed by atoms with E-state index in [1.165, 1.54) is 48.5 Å².